The number of rotatable bonds is 4. The average molecular weight is 419 g/mol. The first kappa shape index (κ1) is 21.9. The van der Waals surface area contributed by atoms with E-state index in [0.29, 0.717) is 24.7 Å². The smallest absolute Gasteiger partial charge is 0.305 e. The van der Waals surface area contributed by atoms with Gasteiger partial charge in [0.25, 0.3) is 0 Å². The molecule has 4 fully saturated rings. The van der Waals surface area contributed by atoms with Crippen molar-refractivity contribution in [3.8, 4) is 0 Å². The number of fused-ring (bicyclic) bond motifs is 3. The second kappa shape index (κ2) is 7.36. The zero-order chi connectivity index (χ0) is 21.9. The van der Waals surface area contributed by atoms with Crippen LogP contribution in [0.4, 0.5) is 0 Å². The third-order valence-electron chi connectivity index (χ3n) is 9.60. The van der Waals surface area contributed by atoms with Crippen molar-refractivity contribution >= 4 is 11.9 Å². The molecule has 4 rings (SSSR count). The molecule has 168 valence electrons. The van der Waals surface area contributed by atoms with E-state index in [1.807, 2.05) is 0 Å². The van der Waals surface area contributed by atoms with Crippen LogP contribution in [0.3, 0.4) is 0 Å². The summed E-state index contributed by atoms with van der Waals surface area (Å²) in [6.45, 7) is 12.3. The Labute approximate surface area is 180 Å². The number of aliphatic hydroxyl groups excluding tert-OH is 1. The fourth-order valence-corrected chi connectivity index (χ4v) is 8.17. The van der Waals surface area contributed by atoms with Crippen molar-refractivity contribution in [2.75, 3.05) is 6.61 Å². The fraction of sp³-hybridized carbons (Fsp3) is 0.840. The number of carbonyl (C=O) groups is 2. The summed E-state index contributed by atoms with van der Waals surface area (Å²) < 4.78 is 11.5. The Hall–Kier alpha value is -1.36. The van der Waals surface area contributed by atoms with Crippen molar-refractivity contribution in [3.63, 3.8) is 0 Å². The summed E-state index contributed by atoms with van der Waals surface area (Å²) in [4.78, 5) is 23.9. The molecular weight excluding hydrogens is 380 g/mol. The van der Waals surface area contributed by atoms with Gasteiger partial charge in [-0.3, -0.25) is 9.59 Å². The number of hydrogen-bond acceptors (Lipinski definition) is 5. The standard InChI is InChI=1S/C25H38O5/c1-6-22(28)30-21-9-10-23(4)18-8-7-17-13-25(18,12-15(17)2)20(27)11-19(23)24(21,5)14-29-16(3)26/h17-21,27H,2,6-14H2,1,3-5H3/t17-,18+,19?,20+,21-,23+,24-,25+/m1/s1. The summed E-state index contributed by atoms with van der Waals surface area (Å²) in [5.41, 5.74) is 0.796. The van der Waals surface area contributed by atoms with Crippen molar-refractivity contribution in [1.29, 1.82) is 0 Å². The van der Waals surface area contributed by atoms with Crippen molar-refractivity contribution < 1.29 is 24.2 Å². The highest BCUT2D eigenvalue weighted by Gasteiger charge is 2.68. The number of aliphatic hydroxyl groups is 1. The first-order chi connectivity index (χ1) is 14.1. The van der Waals surface area contributed by atoms with Gasteiger partial charge in [0.05, 0.1) is 6.10 Å². The highest BCUT2D eigenvalue weighted by Crippen LogP contribution is 2.72. The zero-order valence-electron chi connectivity index (χ0n) is 19.0. The number of hydrogen-bond donors (Lipinski definition) is 1. The predicted molar refractivity (Wildman–Crippen MR) is 113 cm³/mol. The van der Waals surface area contributed by atoms with E-state index in [1.54, 1.807) is 6.92 Å². The summed E-state index contributed by atoms with van der Waals surface area (Å²) >= 11 is 0. The SMILES string of the molecule is C=C1C[C@]23C[C@H]1CC[C@H]2[C@]1(C)CC[C@@H](OC(=O)CC)[C@](C)(COC(C)=O)C1C[C@@H]3O. The minimum Gasteiger partial charge on any atom is -0.465 e. The quantitative estimate of drug-likeness (QED) is 0.540. The Kier molecular flexibility index (Phi) is 5.36. The molecule has 8 atom stereocenters. The summed E-state index contributed by atoms with van der Waals surface area (Å²) in [5, 5.41) is 11.5. The minimum absolute atomic E-state index is 0.0266. The second-order valence-electron chi connectivity index (χ2n) is 11.1. The van der Waals surface area contributed by atoms with Crippen LogP contribution in [0.5, 0.6) is 0 Å². The van der Waals surface area contributed by atoms with E-state index in [4.69, 9.17) is 9.47 Å². The molecule has 1 spiro atoms. The molecular formula is C25H38O5. The first-order valence-electron chi connectivity index (χ1n) is 11.8. The second-order valence-corrected chi connectivity index (χ2v) is 11.1. The van der Waals surface area contributed by atoms with Crippen LogP contribution in [0.25, 0.3) is 0 Å². The van der Waals surface area contributed by atoms with Gasteiger partial charge in [0, 0.05) is 24.2 Å². The topological polar surface area (TPSA) is 72.8 Å². The maximum Gasteiger partial charge on any atom is 0.305 e. The van der Waals surface area contributed by atoms with Gasteiger partial charge in [-0.15, -0.1) is 0 Å². The highest BCUT2D eigenvalue weighted by atomic mass is 16.6. The van der Waals surface area contributed by atoms with Crippen LogP contribution in [0.15, 0.2) is 12.2 Å². The summed E-state index contributed by atoms with van der Waals surface area (Å²) in [5.74, 6) is 0.588. The molecule has 0 heterocycles. The van der Waals surface area contributed by atoms with E-state index >= 15 is 0 Å². The lowest BCUT2D eigenvalue weighted by Crippen LogP contribution is -2.65. The van der Waals surface area contributed by atoms with Crippen LogP contribution in [-0.2, 0) is 19.1 Å². The van der Waals surface area contributed by atoms with Crippen LogP contribution in [0.1, 0.15) is 79.1 Å². The van der Waals surface area contributed by atoms with Crippen LogP contribution in [0, 0.1) is 34.0 Å². The Balaban J connectivity index is 1.71. The Morgan fingerprint density at radius 3 is 2.60 bits per heavy atom. The minimum atomic E-state index is -0.501. The molecule has 4 saturated carbocycles. The molecule has 1 N–H and O–H groups in total. The molecule has 5 nitrogen and oxygen atoms in total. The van der Waals surface area contributed by atoms with Gasteiger partial charge in [-0.05, 0) is 68.1 Å². The molecule has 0 saturated heterocycles. The van der Waals surface area contributed by atoms with Crippen LogP contribution >= 0.6 is 0 Å². The van der Waals surface area contributed by atoms with Crippen LogP contribution in [-0.4, -0.2) is 35.9 Å². The van der Waals surface area contributed by atoms with Crippen LogP contribution < -0.4 is 0 Å². The van der Waals surface area contributed by atoms with E-state index in [9.17, 15) is 14.7 Å². The largest absolute Gasteiger partial charge is 0.465 e. The normalized spacial score (nSPS) is 47.2. The van der Waals surface area contributed by atoms with E-state index in [-0.39, 0.29) is 47.5 Å². The third kappa shape index (κ3) is 3.06. The molecule has 0 radical (unpaired) electrons. The number of esters is 2. The van der Waals surface area contributed by atoms with Gasteiger partial charge in [-0.25, -0.2) is 0 Å². The van der Waals surface area contributed by atoms with E-state index in [2.05, 4.69) is 20.4 Å². The zero-order valence-corrected chi connectivity index (χ0v) is 19.0. The van der Waals surface area contributed by atoms with E-state index in [0.717, 1.165) is 38.5 Å². The lowest BCUT2D eigenvalue weighted by molar-refractivity contribution is -0.238. The molecule has 4 aliphatic carbocycles. The number of ether oxygens (including phenoxy) is 2. The first-order valence-corrected chi connectivity index (χ1v) is 11.8. The van der Waals surface area contributed by atoms with E-state index in [1.165, 1.54) is 12.5 Å². The Morgan fingerprint density at radius 2 is 1.93 bits per heavy atom. The van der Waals surface area contributed by atoms with Crippen molar-refractivity contribution in [3.05, 3.63) is 12.2 Å². The average Bonchev–Trinajstić information content (AvgIpc) is 2.95. The lowest BCUT2D eigenvalue weighted by atomic mass is 9.40. The molecule has 0 aromatic rings. The lowest BCUT2D eigenvalue weighted by Gasteiger charge is -2.66. The van der Waals surface area contributed by atoms with Crippen molar-refractivity contribution in [1.82, 2.24) is 0 Å². The number of carbonyl (C=O) groups excluding carboxylic acids is 2. The molecule has 4 aliphatic rings. The maximum absolute atomic E-state index is 12.2. The van der Waals surface area contributed by atoms with Gasteiger partial charge in [-0.2, -0.15) is 0 Å². The molecule has 0 aromatic heterocycles. The third-order valence-corrected chi connectivity index (χ3v) is 9.60. The predicted octanol–water partition coefficient (Wildman–Crippen LogP) is 4.42. The van der Waals surface area contributed by atoms with Gasteiger partial charge in [-0.1, -0.05) is 32.9 Å². The summed E-state index contributed by atoms with van der Waals surface area (Å²) in [6.07, 6.45) is 6.37. The number of allylic oxidation sites excluding steroid dienone is 1. The molecule has 0 aromatic carbocycles. The van der Waals surface area contributed by atoms with Gasteiger partial charge >= 0.3 is 11.9 Å². The van der Waals surface area contributed by atoms with E-state index < -0.39 is 5.41 Å². The van der Waals surface area contributed by atoms with Gasteiger partial charge in [0.15, 0.2) is 0 Å². The summed E-state index contributed by atoms with van der Waals surface area (Å²) in [6, 6.07) is 0. The van der Waals surface area contributed by atoms with Crippen molar-refractivity contribution in [2.24, 2.45) is 34.0 Å². The molecule has 5 heteroatoms. The van der Waals surface area contributed by atoms with Gasteiger partial charge in [0.2, 0.25) is 0 Å². The molecule has 0 aliphatic heterocycles. The van der Waals surface area contributed by atoms with Crippen LogP contribution in [0.2, 0.25) is 0 Å². The summed E-state index contributed by atoms with van der Waals surface area (Å²) in [7, 11) is 0. The molecule has 1 unspecified atom stereocenters. The highest BCUT2D eigenvalue weighted by molar-refractivity contribution is 5.69. The Bertz CT molecular complexity index is 746. The van der Waals surface area contributed by atoms with Gasteiger partial charge < -0.3 is 14.6 Å². The molecule has 2 bridgehead atoms. The van der Waals surface area contributed by atoms with Crippen molar-refractivity contribution in [2.45, 2.75) is 91.3 Å². The molecule has 30 heavy (non-hydrogen) atoms. The Morgan fingerprint density at radius 1 is 1.20 bits per heavy atom. The maximum atomic E-state index is 12.2. The fourth-order valence-electron chi connectivity index (χ4n) is 8.17. The van der Waals surface area contributed by atoms with Gasteiger partial charge in [0.1, 0.15) is 12.7 Å². The monoisotopic (exact) mass is 418 g/mol. The molecule has 0 amide bonds.